The van der Waals surface area contributed by atoms with Gasteiger partial charge >= 0.3 is 0 Å². The van der Waals surface area contributed by atoms with E-state index in [1.54, 1.807) is 17.8 Å². The Kier molecular flexibility index (Phi) is 6.87. The molecule has 14 heteroatoms. The molecular formula is C26H29F2N7O3S2. The number of rotatable bonds is 7. The predicted molar refractivity (Wildman–Crippen MR) is 144 cm³/mol. The Morgan fingerprint density at radius 2 is 1.88 bits per heavy atom. The van der Waals surface area contributed by atoms with Gasteiger partial charge in [0.05, 0.1) is 23.3 Å². The largest absolute Gasteiger partial charge is 0.342 e. The topological polar surface area (TPSA) is 114 Å². The number of nitrogens with zero attached hydrogens (tertiary/aromatic N) is 6. The van der Waals surface area contributed by atoms with E-state index in [4.69, 9.17) is 6.57 Å². The van der Waals surface area contributed by atoms with Crippen molar-refractivity contribution in [2.45, 2.75) is 74.3 Å². The molecule has 1 N–H and O–H groups in total. The van der Waals surface area contributed by atoms with E-state index in [1.807, 2.05) is 4.90 Å². The molecule has 10 nitrogen and oxygen atoms in total. The first-order chi connectivity index (χ1) is 19.1. The fourth-order valence-corrected chi connectivity index (χ4v) is 8.10. The number of aryl methyl sites for hydroxylation is 1. The van der Waals surface area contributed by atoms with Crippen LogP contribution in [0.15, 0.2) is 17.0 Å². The van der Waals surface area contributed by atoms with Crippen molar-refractivity contribution in [1.82, 2.24) is 29.6 Å². The van der Waals surface area contributed by atoms with Crippen LogP contribution in [0.4, 0.5) is 8.78 Å². The summed E-state index contributed by atoms with van der Waals surface area (Å²) in [6.07, 6.45) is 3.01. The highest BCUT2D eigenvalue weighted by Crippen LogP contribution is 2.44. The van der Waals surface area contributed by atoms with Crippen molar-refractivity contribution in [3.63, 3.8) is 0 Å². The fourth-order valence-electron chi connectivity index (χ4n) is 5.98. The Labute approximate surface area is 234 Å². The number of carbonyl (C=O) groups is 1. The van der Waals surface area contributed by atoms with Crippen molar-refractivity contribution in [2.24, 2.45) is 13.0 Å². The molecule has 3 aromatic rings. The normalized spacial score (nSPS) is 22.6. The van der Waals surface area contributed by atoms with Gasteiger partial charge in [0.15, 0.2) is 10.0 Å². The molecule has 0 radical (unpaired) electrons. The number of likely N-dealkylation sites (tertiary alicyclic amines) is 1. The van der Waals surface area contributed by atoms with E-state index in [9.17, 15) is 22.0 Å². The van der Waals surface area contributed by atoms with E-state index >= 15 is 0 Å². The zero-order chi connectivity index (χ0) is 28.2. The highest BCUT2D eigenvalue weighted by Gasteiger charge is 2.54. The third-order valence-corrected chi connectivity index (χ3v) is 10.7. The van der Waals surface area contributed by atoms with Gasteiger partial charge in [-0.1, -0.05) is 11.3 Å². The lowest BCUT2D eigenvalue weighted by Crippen LogP contribution is -2.35. The Morgan fingerprint density at radius 3 is 2.48 bits per heavy atom. The number of carbonyl (C=O) groups excluding carboxylic acids is 1. The van der Waals surface area contributed by atoms with E-state index in [1.165, 1.54) is 6.07 Å². The molecule has 1 amide bonds. The van der Waals surface area contributed by atoms with Crippen molar-refractivity contribution < 1.29 is 22.0 Å². The van der Waals surface area contributed by atoms with Crippen LogP contribution in [0, 0.1) is 12.5 Å². The van der Waals surface area contributed by atoms with Gasteiger partial charge < -0.3 is 4.90 Å². The molecule has 3 aliphatic rings. The van der Waals surface area contributed by atoms with Gasteiger partial charge in [-0.2, -0.15) is 5.10 Å². The highest BCUT2D eigenvalue weighted by atomic mass is 32.2. The maximum absolute atomic E-state index is 13.5. The first-order valence-electron chi connectivity index (χ1n) is 13.4. The molecule has 40 heavy (non-hydrogen) atoms. The van der Waals surface area contributed by atoms with Crippen molar-refractivity contribution in [3.05, 3.63) is 34.1 Å². The number of hydrogen-bond acceptors (Lipinski definition) is 7. The molecule has 2 aliphatic carbocycles. The van der Waals surface area contributed by atoms with Crippen LogP contribution in [-0.2, 0) is 21.9 Å². The number of nitrogens with one attached hydrogen (secondary N) is 1. The summed E-state index contributed by atoms with van der Waals surface area (Å²) in [5.74, 6) is 0.151. The average Bonchev–Trinajstić information content (AvgIpc) is 3.33. The highest BCUT2D eigenvalue weighted by molar-refractivity contribution is 7.89. The monoisotopic (exact) mass is 589 g/mol. The summed E-state index contributed by atoms with van der Waals surface area (Å²) in [5.41, 5.74) is 0.635. The summed E-state index contributed by atoms with van der Waals surface area (Å²) in [7, 11) is -2.33. The van der Waals surface area contributed by atoms with Crippen LogP contribution in [0.3, 0.4) is 0 Å². The van der Waals surface area contributed by atoms with Gasteiger partial charge in [0.2, 0.25) is 15.9 Å². The maximum Gasteiger partial charge on any atom is 0.299 e. The molecule has 2 aromatic heterocycles. The molecule has 0 unspecified atom stereocenters. The molecule has 1 saturated heterocycles. The Bertz CT molecular complexity index is 1610. The summed E-state index contributed by atoms with van der Waals surface area (Å²) in [6.45, 7) is 9.05. The predicted octanol–water partition coefficient (Wildman–Crippen LogP) is 4.61. The van der Waals surface area contributed by atoms with Crippen LogP contribution >= 0.6 is 11.3 Å². The first-order valence-corrected chi connectivity index (χ1v) is 15.7. The Hall–Kier alpha value is -3.02. The van der Waals surface area contributed by atoms with Crippen molar-refractivity contribution in [3.8, 4) is 10.7 Å². The second-order valence-corrected chi connectivity index (χ2v) is 13.6. The molecule has 2 saturated carbocycles. The quantitative estimate of drug-likeness (QED) is 0.403. The summed E-state index contributed by atoms with van der Waals surface area (Å²) >= 11 is 0.721. The van der Waals surface area contributed by atoms with Gasteiger partial charge in [0.1, 0.15) is 5.69 Å². The van der Waals surface area contributed by atoms with Crippen LogP contribution < -0.4 is 4.72 Å². The molecule has 1 aliphatic heterocycles. The molecule has 3 heterocycles. The van der Waals surface area contributed by atoms with Gasteiger partial charge in [-0.15, -0.1) is 14.9 Å². The number of fused-ring (bicyclic) bond motifs is 1. The third kappa shape index (κ3) is 4.88. The number of halogens is 2. The number of amides is 1. The van der Waals surface area contributed by atoms with Gasteiger partial charge in [-0.25, -0.2) is 23.8 Å². The van der Waals surface area contributed by atoms with Crippen molar-refractivity contribution >= 4 is 38.2 Å². The lowest BCUT2D eigenvalue weighted by Gasteiger charge is -2.31. The van der Waals surface area contributed by atoms with E-state index in [2.05, 4.69) is 24.9 Å². The minimum Gasteiger partial charge on any atom is -0.342 e. The van der Waals surface area contributed by atoms with Crippen molar-refractivity contribution in [2.75, 3.05) is 13.1 Å². The smallest absolute Gasteiger partial charge is 0.299 e. The second kappa shape index (κ2) is 10.1. The zero-order valence-corrected chi connectivity index (χ0v) is 23.6. The standard InChI is InChI=1S/C26H29F2N7O3S2/c1-29-26(9-10-26)33-40(37,38)17-13-18(15-5-7-16(8-6-15)25(36)35-11-3-4-12-35)21-19(14-17)20(32-34(21)2)23-30-31-24(39-23)22(27)28/h13-16,22,33H,3-12H2,2H3. The van der Waals surface area contributed by atoms with Gasteiger partial charge in [0.25, 0.3) is 12.1 Å². The van der Waals surface area contributed by atoms with Crippen LogP contribution in [0.2, 0.25) is 0 Å². The minimum atomic E-state index is -4.07. The lowest BCUT2D eigenvalue weighted by molar-refractivity contribution is -0.135. The average molecular weight is 590 g/mol. The SMILES string of the molecule is [C-]#[N+]C1(NS(=O)(=O)c2cc(C3CCC(C(=O)N4CCCC4)CC3)c3c(c2)c(-c2nnc(C(F)F)s2)nn3C)CC1. The summed E-state index contributed by atoms with van der Waals surface area (Å²) < 4.78 is 57.7. The minimum absolute atomic E-state index is 0.00644. The van der Waals surface area contributed by atoms with E-state index < -0.39 is 27.1 Å². The first kappa shape index (κ1) is 27.2. The summed E-state index contributed by atoms with van der Waals surface area (Å²) in [6, 6.07) is 3.13. The van der Waals surface area contributed by atoms with Crippen molar-refractivity contribution in [1.29, 1.82) is 0 Å². The molecule has 212 valence electrons. The number of sulfonamides is 1. The van der Waals surface area contributed by atoms with Gasteiger partial charge in [-0.05, 0) is 62.1 Å². The summed E-state index contributed by atoms with van der Waals surface area (Å²) in [4.78, 5) is 18.4. The zero-order valence-electron chi connectivity index (χ0n) is 21.9. The second-order valence-electron chi connectivity index (χ2n) is 11.0. The van der Waals surface area contributed by atoms with Crippen LogP contribution in [0.5, 0.6) is 0 Å². The number of benzene rings is 1. The molecule has 6 rings (SSSR count). The number of alkyl halides is 2. The molecule has 0 atom stereocenters. The van der Waals surface area contributed by atoms with Crippen LogP contribution in [0.1, 0.15) is 74.3 Å². The molecule has 0 spiro atoms. The van der Waals surface area contributed by atoms with Gasteiger partial charge in [0, 0.05) is 31.4 Å². The maximum atomic E-state index is 13.5. The third-order valence-electron chi connectivity index (χ3n) is 8.28. The summed E-state index contributed by atoms with van der Waals surface area (Å²) in [5, 5.41) is 12.3. The number of aromatic nitrogens is 4. The van der Waals surface area contributed by atoms with Crippen LogP contribution in [0.25, 0.3) is 26.4 Å². The number of hydrogen-bond donors (Lipinski definition) is 1. The van der Waals surface area contributed by atoms with E-state index in [-0.39, 0.29) is 33.3 Å². The van der Waals surface area contributed by atoms with Crippen LogP contribution in [-0.4, -0.2) is 58.0 Å². The van der Waals surface area contributed by atoms with E-state index in [0.29, 0.717) is 49.4 Å². The molecular weight excluding hydrogens is 560 g/mol. The molecule has 3 fully saturated rings. The lowest BCUT2D eigenvalue weighted by atomic mass is 9.77. The fraction of sp³-hybridized carbons (Fsp3) is 0.577. The molecule has 0 bridgehead atoms. The Balaban J connectivity index is 1.40. The van der Waals surface area contributed by atoms with E-state index in [0.717, 1.165) is 42.8 Å². The molecule has 1 aromatic carbocycles. The Morgan fingerprint density at radius 1 is 1.18 bits per heavy atom. The van der Waals surface area contributed by atoms with Gasteiger partial charge in [-0.3, -0.25) is 14.3 Å².